The average Bonchev–Trinajstić information content (AvgIpc) is 2.98. The normalized spacial score (nSPS) is 19.4. The number of carbonyl (C=O) groups is 3. The number of benzene rings is 1. The number of nitrogens with zero attached hydrogens (tertiary/aromatic N) is 1. The largest absolute Gasteiger partial charge is 0.383 e. The summed E-state index contributed by atoms with van der Waals surface area (Å²) in [4.78, 5) is 38.0. The van der Waals surface area contributed by atoms with Crippen LogP contribution in [0.3, 0.4) is 0 Å². The second-order valence-electron chi connectivity index (χ2n) is 6.77. The molecule has 1 saturated heterocycles. The minimum absolute atomic E-state index is 0.130. The molecule has 0 aromatic heterocycles. The lowest BCUT2D eigenvalue weighted by atomic mass is 10.0. The van der Waals surface area contributed by atoms with Crippen LogP contribution in [0, 0.1) is 0 Å². The molecule has 0 radical (unpaired) electrons. The number of methoxy groups -OCH3 is 1. The van der Waals surface area contributed by atoms with E-state index in [0.29, 0.717) is 31.7 Å². The van der Waals surface area contributed by atoms with Crippen molar-refractivity contribution in [3.63, 3.8) is 0 Å². The third-order valence-corrected chi connectivity index (χ3v) is 4.92. The van der Waals surface area contributed by atoms with E-state index in [1.807, 2.05) is 18.2 Å². The fourth-order valence-corrected chi connectivity index (χ4v) is 3.54. The minimum atomic E-state index is -0.576. The zero-order valence-corrected chi connectivity index (χ0v) is 15.5. The second kappa shape index (κ2) is 9.07. The molecule has 3 rings (SSSR count). The molecule has 0 saturated carbocycles. The van der Waals surface area contributed by atoms with Crippen molar-refractivity contribution in [1.29, 1.82) is 0 Å². The standard InChI is InChI=1S/C19H26N4O4/c1-27-10-9-20-7-8-21-11-13-3-2-4-14-12-23(19(26)17(13)14)15-5-6-16(24)22-18(15)25/h2-4,15,20-21H,5-12H2,1H3,(H,22,24,25). The first-order valence-electron chi connectivity index (χ1n) is 9.27. The van der Waals surface area contributed by atoms with E-state index in [1.165, 1.54) is 0 Å². The van der Waals surface area contributed by atoms with E-state index in [-0.39, 0.29) is 24.1 Å². The van der Waals surface area contributed by atoms with Crippen LogP contribution in [0.1, 0.15) is 34.3 Å². The van der Waals surface area contributed by atoms with Crippen molar-refractivity contribution in [3.05, 3.63) is 34.9 Å². The van der Waals surface area contributed by atoms with E-state index in [9.17, 15) is 14.4 Å². The smallest absolute Gasteiger partial charge is 0.255 e. The zero-order chi connectivity index (χ0) is 19.2. The molecule has 8 heteroatoms. The number of rotatable bonds is 9. The quantitative estimate of drug-likeness (QED) is 0.408. The maximum absolute atomic E-state index is 13.0. The number of hydrogen-bond donors (Lipinski definition) is 3. The van der Waals surface area contributed by atoms with Crippen LogP contribution in [0.5, 0.6) is 0 Å². The van der Waals surface area contributed by atoms with E-state index in [1.54, 1.807) is 12.0 Å². The first-order chi connectivity index (χ1) is 13.1. The third kappa shape index (κ3) is 4.52. The predicted octanol–water partition coefficient (Wildman–Crippen LogP) is -0.227. The molecular formula is C19H26N4O4. The number of amides is 3. The number of ether oxygens (including phenoxy) is 1. The highest BCUT2D eigenvalue weighted by atomic mass is 16.5. The lowest BCUT2D eigenvalue weighted by Gasteiger charge is -2.29. The molecule has 3 N–H and O–H groups in total. The van der Waals surface area contributed by atoms with E-state index < -0.39 is 6.04 Å². The summed E-state index contributed by atoms with van der Waals surface area (Å²) in [6, 6.07) is 5.23. The summed E-state index contributed by atoms with van der Waals surface area (Å²) in [5.41, 5.74) is 2.55. The van der Waals surface area contributed by atoms with Gasteiger partial charge in [0.05, 0.1) is 6.61 Å². The second-order valence-corrected chi connectivity index (χ2v) is 6.77. The van der Waals surface area contributed by atoms with Gasteiger partial charge in [0.2, 0.25) is 11.8 Å². The van der Waals surface area contributed by atoms with Gasteiger partial charge < -0.3 is 20.3 Å². The van der Waals surface area contributed by atoms with E-state index in [4.69, 9.17) is 4.74 Å². The Bertz CT molecular complexity index is 722. The number of nitrogens with one attached hydrogen (secondary N) is 3. The molecule has 146 valence electrons. The minimum Gasteiger partial charge on any atom is -0.383 e. The topological polar surface area (TPSA) is 99.8 Å². The molecule has 1 aromatic rings. The van der Waals surface area contributed by atoms with Gasteiger partial charge in [-0.25, -0.2) is 0 Å². The summed E-state index contributed by atoms with van der Waals surface area (Å²) >= 11 is 0. The molecule has 0 aliphatic carbocycles. The molecule has 1 fully saturated rings. The van der Waals surface area contributed by atoms with Gasteiger partial charge in [-0.3, -0.25) is 19.7 Å². The molecule has 1 unspecified atom stereocenters. The Labute approximate surface area is 158 Å². The molecule has 2 heterocycles. The van der Waals surface area contributed by atoms with Crippen LogP contribution in [0.25, 0.3) is 0 Å². The third-order valence-electron chi connectivity index (χ3n) is 4.92. The van der Waals surface area contributed by atoms with Gasteiger partial charge in [0, 0.05) is 51.8 Å². The van der Waals surface area contributed by atoms with E-state index in [0.717, 1.165) is 30.8 Å². The van der Waals surface area contributed by atoms with Gasteiger partial charge in [-0.1, -0.05) is 18.2 Å². The van der Waals surface area contributed by atoms with Gasteiger partial charge in [-0.15, -0.1) is 0 Å². The molecule has 1 atom stereocenters. The average molecular weight is 374 g/mol. The summed E-state index contributed by atoms with van der Waals surface area (Å²) in [6.45, 7) is 4.07. The lowest BCUT2D eigenvalue weighted by molar-refractivity contribution is -0.136. The Kier molecular flexibility index (Phi) is 6.54. The Morgan fingerprint density at radius 2 is 2.00 bits per heavy atom. The SMILES string of the molecule is COCCNCCNCc1cccc2c1C(=O)N(C1CCC(=O)NC1=O)C2. The van der Waals surface area contributed by atoms with Crippen LogP contribution in [-0.2, 0) is 27.4 Å². The molecule has 3 amide bonds. The summed E-state index contributed by atoms with van der Waals surface area (Å²) in [7, 11) is 1.67. The van der Waals surface area contributed by atoms with Crippen molar-refractivity contribution in [2.24, 2.45) is 0 Å². The molecule has 8 nitrogen and oxygen atoms in total. The van der Waals surface area contributed by atoms with Crippen molar-refractivity contribution < 1.29 is 19.1 Å². The van der Waals surface area contributed by atoms with Gasteiger partial charge in [0.15, 0.2) is 0 Å². The summed E-state index contributed by atoms with van der Waals surface area (Å²) in [6.07, 6.45) is 0.645. The lowest BCUT2D eigenvalue weighted by Crippen LogP contribution is -2.52. The molecule has 0 bridgehead atoms. The maximum Gasteiger partial charge on any atom is 0.255 e. The van der Waals surface area contributed by atoms with Crippen molar-refractivity contribution in [3.8, 4) is 0 Å². The Balaban J connectivity index is 1.59. The van der Waals surface area contributed by atoms with Crippen LogP contribution in [0.2, 0.25) is 0 Å². The van der Waals surface area contributed by atoms with Crippen molar-refractivity contribution >= 4 is 17.7 Å². The molecule has 27 heavy (non-hydrogen) atoms. The number of piperidine rings is 1. The highest BCUT2D eigenvalue weighted by molar-refractivity contribution is 6.05. The first-order valence-corrected chi connectivity index (χ1v) is 9.27. The Morgan fingerprint density at radius 1 is 1.19 bits per heavy atom. The van der Waals surface area contributed by atoms with E-state index in [2.05, 4.69) is 16.0 Å². The van der Waals surface area contributed by atoms with Gasteiger partial charge in [-0.2, -0.15) is 0 Å². The van der Waals surface area contributed by atoms with Crippen LogP contribution in [0.4, 0.5) is 0 Å². The van der Waals surface area contributed by atoms with Gasteiger partial charge in [-0.05, 0) is 17.5 Å². The zero-order valence-electron chi connectivity index (χ0n) is 15.5. The summed E-state index contributed by atoms with van der Waals surface area (Å²) in [5, 5.41) is 8.93. The fraction of sp³-hybridized carbons (Fsp3) is 0.526. The molecule has 2 aliphatic rings. The van der Waals surface area contributed by atoms with Gasteiger partial charge in [0.25, 0.3) is 5.91 Å². The predicted molar refractivity (Wildman–Crippen MR) is 98.9 cm³/mol. The summed E-state index contributed by atoms with van der Waals surface area (Å²) < 4.78 is 4.98. The van der Waals surface area contributed by atoms with Crippen LogP contribution < -0.4 is 16.0 Å². The maximum atomic E-state index is 13.0. The van der Waals surface area contributed by atoms with Crippen LogP contribution in [0.15, 0.2) is 18.2 Å². The highest BCUT2D eigenvalue weighted by Crippen LogP contribution is 2.29. The number of fused-ring (bicyclic) bond motifs is 1. The highest BCUT2D eigenvalue weighted by Gasteiger charge is 2.39. The van der Waals surface area contributed by atoms with Crippen molar-refractivity contribution in [2.75, 3.05) is 33.4 Å². The number of hydrogen-bond acceptors (Lipinski definition) is 6. The molecule has 2 aliphatic heterocycles. The van der Waals surface area contributed by atoms with Crippen LogP contribution in [-0.4, -0.2) is 62.0 Å². The van der Waals surface area contributed by atoms with Gasteiger partial charge in [0.1, 0.15) is 6.04 Å². The van der Waals surface area contributed by atoms with Crippen LogP contribution >= 0.6 is 0 Å². The monoisotopic (exact) mass is 374 g/mol. The number of imide groups is 1. The fourth-order valence-electron chi connectivity index (χ4n) is 3.54. The summed E-state index contributed by atoms with van der Waals surface area (Å²) in [5.74, 6) is -0.784. The Hall–Kier alpha value is -2.29. The Morgan fingerprint density at radius 3 is 2.78 bits per heavy atom. The molecule has 1 aromatic carbocycles. The number of carbonyl (C=O) groups excluding carboxylic acids is 3. The van der Waals surface area contributed by atoms with Gasteiger partial charge >= 0.3 is 0 Å². The first kappa shape index (κ1) is 19.5. The molecular weight excluding hydrogens is 348 g/mol. The van der Waals surface area contributed by atoms with Crippen molar-refractivity contribution in [1.82, 2.24) is 20.9 Å². The van der Waals surface area contributed by atoms with Crippen molar-refractivity contribution in [2.45, 2.75) is 32.0 Å². The molecule has 0 spiro atoms. The van der Waals surface area contributed by atoms with E-state index >= 15 is 0 Å².